The number of likely N-dealkylation sites (tertiary alicyclic amines) is 1. The van der Waals surface area contributed by atoms with E-state index in [1.165, 1.54) is 57.3 Å². The fraction of sp³-hybridized carbons (Fsp3) is 0.647. The molecule has 2 heterocycles. The van der Waals surface area contributed by atoms with Crippen molar-refractivity contribution in [2.75, 3.05) is 19.6 Å². The third-order valence-corrected chi connectivity index (χ3v) is 5.52. The lowest BCUT2D eigenvalue weighted by molar-refractivity contribution is 0.155. The van der Waals surface area contributed by atoms with Crippen LogP contribution in [0, 0.1) is 5.41 Å². The van der Waals surface area contributed by atoms with Gasteiger partial charge >= 0.3 is 0 Å². The number of rotatable bonds is 2. The Morgan fingerprint density at radius 2 is 1.79 bits per heavy atom. The van der Waals surface area contributed by atoms with Crippen LogP contribution in [0.15, 0.2) is 24.3 Å². The van der Waals surface area contributed by atoms with Crippen LogP contribution in [0.4, 0.5) is 0 Å². The Kier molecular flexibility index (Phi) is 2.89. The molecule has 0 amide bonds. The van der Waals surface area contributed by atoms with E-state index >= 15 is 0 Å². The molecule has 2 nitrogen and oxygen atoms in total. The first-order chi connectivity index (χ1) is 9.33. The van der Waals surface area contributed by atoms with Crippen molar-refractivity contribution in [2.24, 2.45) is 5.41 Å². The summed E-state index contributed by atoms with van der Waals surface area (Å²) in [5.41, 5.74) is 3.86. The molecule has 0 radical (unpaired) electrons. The molecule has 1 saturated carbocycles. The van der Waals surface area contributed by atoms with E-state index in [2.05, 4.69) is 34.5 Å². The third-order valence-electron chi connectivity index (χ3n) is 5.52. The van der Waals surface area contributed by atoms with Gasteiger partial charge in [0.25, 0.3) is 0 Å². The van der Waals surface area contributed by atoms with E-state index in [1.54, 1.807) is 5.56 Å². The van der Waals surface area contributed by atoms with Crippen molar-refractivity contribution in [3.63, 3.8) is 0 Å². The smallest absolute Gasteiger partial charge is 0.0238 e. The molecule has 3 aliphatic rings. The Bertz CT molecular complexity index is 454. The summed E-state index contributed by atoms with van der Waals surface area (Å²) in [6, 6.07) is 9.55. The number of fused-ring (bicyclic) bond motifs is 1. The van der Waals surface area contributed by atoms with E-state index in [-0.39, 0.29) is 0 Å². The lowest BCUT2D eigenvalue weighted by atomic mass is 9.92. The van der Waals surface area contributed by atoms with E-state index in [1.807, 2.05) is 0 Å². The normalized spacial score (nSPS) is 29.2. The maximum atomic E-state index is 3.72. The minimum Gasteiger partial charge on any atom is -0.308 e. The van der Waals surface area contributed by atoms with E-state index in [0.29, 0.717) is 6.04 Å². The zero-order valence-corrected chi connectivity index (χ0v) is 11.7. The predicted octanol–water partition coefficient (Wildman–Crippen LogP) is 2.58. The summed E-state index contributed by atoms with van der Waals surface area (Å²) in [6.07, 6.45) is 7.14. The second-order valence-electron chi connectivity index (χ2n) is 6.85. The fourth-order valence-corrected chi connectivity index (χ4v) is 3.85. The summed E-state index contributed by atoms with van der Waals surface area (Å²) in [5.74, 6) is 0. The summed E-state index contributed by atoms with van der Waals surface area (Å²) in [4.78, 5) is 2.69. The fourth-order valence-electron chi connectivity index (χ4n) is 3.85. The SMILES string of the molecule is c1ccc2c(c1)CN[C@H](CN1CCC3(CC1)CC3)C2. The predicted molar refractivity (Wildman–Crippen MR) is 78.1 cm³/mol. The van der Waals surface area contributed by atoms with Crippen LogP contribution in [0.2, 0.25) is 0 Å². The maximum Gasteiger partial charge on any atom is 0.0238 e. The van der Waals surface area contributed by atoms with E-state index < -0.39 is 0 Å². The highest BCUT2D eigenvalue weighted by molar-refractivity contribution is 5.30. The van der Waals surface area contributed by atoms with Gasteiger partial charge in [-0.25, -0.2) is 0 Å². The quantitative estimate of drug-likeness (QED) is 0.875. The molecule has 1 saturated heterocycles. The Balaban J connectivity index is 1.34. The van der Waals surface area contributed by atoms with Crippen LogP contribution in [0.3, 0.4) is 0 Å². The van der Waals surface area contributed by atoms with Gasteiger partial charge in [-0.2, -0.15) is 0 Å². The molecular weight excluding hydrogens is 232 g/mol. The second-order valence-corrected chi connectivity index (χ2v) is 6.85. The van der Waals surface area contributed by atoms with E-state index in [9.17, 15) is 0 Å². The number of hydrogen-bond acceptors (Lipinski definition) is 2. The minimum absolute atomic E-state index is 0.656. The summed E-state index contributed by atoms with van der Waals surface area (Å²) in [7, 11) is 0. The topological polar surface area (TPSA) is 15.3 Å². The molecule has 1 spiro atoms. The molecule has 0 aromatic heterocycles. The second kappa shape index (κ2) is 4.60. The van der Waals surface area contributed by atoms with Crippen LogP contribution in [0.1, 0.15) is 36.8 Å². The van der Waals surface area contributed by atoms with Crippen molar-refractivity contribution in [3.05, 3.63) is 35.4 Å². The molecular formula is C17H24N2. The first kappa shape index (κ1) is 11.9. The molecule has 1 aliphatic carbocycles. The Morgan fingerprint density at radius 3 is 2.53 bits per heavy atom. The average molecular weight is 256 g/mol. The molecule has 4 rings (SSSR count). The number of hydrogen-bond donors (Lipinski definition) is 1. The highest BCUT2D eigenvalue weighted by Gasteiger charge is 2.44. The lowest BCUT2D eigenvalue weighted by Crippen LogP contribution is -2.47. The summed E-state index contributed by atoms with van der Waals surface area (Å²) >= 11 is 0. The largest absolute Gasteiger partial charge is 0.308 e. The van der Waals surface area contributed by atoms with Gasteiger partial charge in [-0.1, -0.05) is 24.3 Å². The molecule has 2 fully saturated rings. The van der Waals surface area contributed by atoms with Crippen LogP contribution in [0.5, 0.6) is 0 Å². The minimum atomic E-state index is 0.656. The van der Waals surface area contributed by atoms with Gasteiger partial charge in [-0.15, -0.1) is 0 Å². The molecule has 1 aromatic carbocycles. The van der Waals surface area contributed by atoms with Gasteiger partial charge in [0.15, 0.2) is 0 Å². The van der Waals surface area contributed by atoms with Gasteiger partial charge in [0, 0.05) is 19.1 Å². The Morgan fingerprint density at radius 1 is 1.05 bits per heavy atom. The first-order valence-electron chi connectivity index (χ1n) is 7.86. The molecule has 2 heteroatoms. The molecule has 1 atom stereocenters. The summed E-state index contributed by atoms with van der Waals surface area (Å²) < 4.78 is 0. The van der Waals surface area contributed by atoms with Crippen molar-refractivity contribution in [1.29, 1.82) is 0 Å². The first-order valence-corrected chi connectivity index (χ1v) is 7.86. The zero-order valence-electron chi connectivity index (χ0n) is 11.7. The molecule has 1 aromatic rings. The monoisotopic (exact) mass is 256 g/mol. The zero-order chi connectivity index (χ0) is 12.7. The van der Waals surface area contributed by atoms with Gasteiger partial charge in [0.05, 0.1) is 0 Å². The van der Waals surface area contributed by atoms with Crippen LogP contribution in [0.25, 0.3) is 0 Å². The standard InChI is InChI=1S/C17H24N2/c1-2-4-15-12-18-16(11-14(15)3-1)13-19-9-7-17(5-6-17)8-10-19/h1-4,16,18H,5-13H2/t16-/m0/s1. The van der Waals surface area contributed by atoms with Gasteiger partial charge < -0.3 is 10.2 Å². The third kappa shape index (κ3) is 2.44. The number of nitrogens with zero attached hydrogens (tertiary/aromatic N) is 1. The van der Waals surface area contributed by atoms with E-state index in [0.717, 1.165) is 12.0 Å². The molecule has 19 heavy (non-hydrogen) atoms. The molecule has 0 unspecified atom stereocenters. The summed E-state index contributed by atoms with van der Waals surface area (Å²) in [6.45, 7) is 4.96. The maximum absolute atomic E-state index is 3.72. The van der Waals surface area contributed by atoms with Gasteiger partial charge in [0.1, 0.15) is 0 Å². The number of benzene rings is 1. The summed E-state index contributed by atoms with van der Waals surface area (Å²) in [5, 5.41) is 3.72. The van der Waals surface area contributed by atoms with Crippen molar-refractivity contribution in [1.82, 2.24) is 10.2 Å². The van der Waals surface area contributed by atoms with Crippen molar-refractivity contribution in [3.8, 4) is 0 Å². The highest BCUT2D eigenvalue weighted by Crippen LogP contribution is 2.53. The van der Waals surface area contributed by atoms with Crippen molar-refractivity contribution in [2.45, 2.75) is 44.7 Å². The van der Waals surface area contributed by atoms with Gasteiger partial charge in [-0.3, -0.25) is 0 Å². The van der Waals surface area contributed by atoms with Crippen LogP contribution >= 0.6 is 0 Å². The Labute approximate surface area is 116 Å². The van der Waals surface area contributed by atoms with Crippen LogP contribution in [-0.4, -0.2) is 30.6 Å². The molecule has 1 N–H and O–H groups in total. The van der Waals surface area contributed by atoms with Gasteiger partial charge in [-0.05, 0) is 61.7 Å². The van der Waals surface area contributed by atoms with E-state index in [4.69, 9.17) is 0 Å². The average Bonchev–Trinajstić information content (AvgIpc) is 3.21. The molecule has 2 aliphatic heterocycles. The van der Waals surface area contributed by atoms with Crippen LogP contribution < -0.4 is 5.32 Å². The number of piperidine rings is 1. The molecule has 102 valence electrons. The van der Waals surface area contributed by atoms with Crippen molar-refractivity contribution < 1.29 is 0 Å². The lowest BCUT2D eigenvalue weighted by Gasteiger charge is -2.36. The van der Waals surface area contributed by atoms with Crippen molar-refractivity contribution >= 4 is 0 Å². The Hall–Kier alpha value is -0.860. The van der Waals surface area contributed by atoms with Crippen LogP contribution in [-0.2, 0) is 13.0 Å². The van der Waals surface area contributed by atoms with Gasteiger partial charge in [0.2, 0.25) is 0 Å². The number of nitrogens with one attached hydrogen (secondary N) is 1. The molecule has 0 bridgehead atoms. The highest BCUT2D eigenvalue weighted by atomic mass is 15.2.